The van der Waals surface area contributed by atoms with Crippen LogP contribution in [0.4, 0.5) is 0 Å². The molecule has 0 fully saturated rings. The van der Waals surface area contributed by atoms with Crippen molar-refractivity contribution in [3.8, 4) is 0 Å². The summed E-state index contributed by atoms with van der Waals surface area (Å²) in [7, 11) is 0. The molecule has 0 saturated carbocycles. The van der Waals surface area contributed by atoms with Gasteiger partial charge in [0.1, 0.15) is 0 Å². The Hall–Kier alpha value is 0.286. The predicted molar refractivity (Wildman–Crippen MR) is 85.7 cm³/mol. The van der Waals surface area contributed by atoms with Gasteiger partial charge in [-0.3, -0.25) is 0 Å². The van der Waals surface area contributed by atoms with E-state index in [0.717, 1.165) is 44.9 Å². The van der Waals surface area contributed by atoms with E-state index in [1.807, 2.05) is 6.08 Å². The Morgan fingerprint density at radius 3 is 1.86 bits per heavy atom. The van der Waals surface area contributed by atoms with E-state index in [0.29, 0.717) is 0 Å². The first kappa shape index (κ1) is 24.5. The molecule has 0 rings (SSSR count). The summed E-state index contributed by atoms with van der Waals surface area (Å²) in [6.07, 6.45) is 21.9. The minimum absolute atomic E-state index is 0. The van der Waals surface area contributed by atoms with Gasteiger partial charge in [-0.05, 0) is 44.9 Å². The van der Waals surface area contributed by atoms with Crippen molar-refractivity contribution in [1.82, 2.24) is 0 Å². The smallest absolute Gasteiger partial charge is 0.550 e. The average Bonchev–Trinajstić information content (AvgIpc) is 2.46. The molecule has 0 aliphatic carbocycles. The number of carboxylic acids is 1. The van der Waals surface area contributed by atoms with Gasteiger partial charge in [-0.2, -0.15) is 0 Å². The van der Waals surface area contributed by atoms with E-state index >= 15 is 0 Å². The maximum absolute atomic E-state index is 10.2. The maximum atomic E-state index is 10.2. The van der Waals surface area contributed by atoms with Gasteiger partial charge >= 0.3 is 51.4 Å². The summed E-state index contributed by atoms with van der Waals surface area (Å²) in [5, 5.41) is 18.8. The topological polar surface area (TPSA) is 60.4 Å². The van der Waals surface area contributed by atoms with Gasteiger partial charge in [0.15, 0.2) is 0 Å². The standard InChI is InChI=1S/C18H30O3.K/c19-17-15-13-11-9-7-5-3-1-2-4-6-8-10-12-14-16-18(20)21;/h1-2,5,7,11,13,19H,3-4,6,8-10,12,14-17H2,(H,20,21);/q;+1/p-1/b2-1-,7-5-,13-11-;. The number of carbonyl (C=O) groups excluding carboxylic acids is 1. The number of hydrogen-bond donors (Lipinski definition) is 1. The fourth-order valence-electron chi connectivity index (χ4n) is 1.91. The number of carbonyl (C=O) groups is 1. The van der Waals surface area contributed by atoms with Gasteiger partial charge in [-0.25, -0.2) is 0 Å². The molecule has 0 radical (unpaired) electrons. The van der Waals surface area contributed by atoms with Gasteiger partial charge in [0.05, 0.1) is 0 Å². The Bertz CT molecular complexity index is 322. The molecule has 0 saturated heterocycles. The van der Waals surface area contributed by atoms with Crippen molar-refractivity contribution in [3.05, 3.63) is 36.5 Å². The molecule has 120 valence electrons. The number of aliphatic hydroxyl groups is 1. The molecule has 3 nitrogen and oxygen atoms in total. The maximum Gasteiger partial charge on any atom is 1.00 e. The molecular formula is C18H29KO3. The number of aliphatic hydroxyl groups excluding tert-OH is 1. The second-order valence-corrected chi connectivity index (χ2v) is 5.08. The third-order valence-electron chi connectivity index (χ3n) is 3.09. The molecular weight excluding hydrogens is 303 g/mol. The van der Waals surface area contributed by atoms with Crippen LogP contribution < -0.4 is 56.5 Å². The van der Waals surface area contributed by atoms with E-state index in [9.17, 15) is 9.90 Å². The first-order valence-electron chi connectivity index (χ1n) is 8.03. The zero-order chi connectivity index (χ0) is 15.6. The molecule has 4 heteroatoms. The average molecular weight is 333 g/mol. The van der Waals surface area contributed by atoms with Gasteiger partial charge in [-0.15, -0.1) is 0 Å². The summed E-state index contributed by atoms with van der Waals surface area (Å²) in [5.74, 6) is -0.935. The summed E-state index contributed by atoms with van der Waals surface area (Å²) in [5.41, 5.74) is 0. The van der Waals surface area contributed by atoms with Crippen molar-refractivity contribution in [3.63, 3.8) is 0 Å². The van der Waals surface area contributed by atoms with E-state index in [1.165, 1.54) is 12.8 Å². The number of carboxylic acid groups (broad SMARTS) is 1. The summed E-state index contributed by atoms with van der Waals surface area (Å²) in [4.78, 5) is 10.2. The fraction of sp³-hybridized carbons (Fsp3) is 0.611. The SMILES string of the molecule is O=C([O-])CCCCCCC/C=C\C/C=C\C/C=C\CCO.[K+]. The van der Waals surface area contributed by atoms with Crippen LogP contribution in [0, 0.1) is 0 Å². The molecule has 0 amide bonds. The number of rotatable bonds is 14. The normalized spacial score (nSPS) is 11.5. The van der Waals surface area contributed by atoms with Crippen LogP contribution in [0.25, 0.3) is 0 Å². The summed E-state index contributed by atoms with van der Waals surface area (Å²) in [6, 6.07) is 0. The van der Waals surface area contributed by atoms with Crippen LogP contribution in [-0.2, 0) is 4.79 Å². The number of hydrogen-bond acceptors (Lipinski definition) is 3. The largest absolute Gasteiger partial charge is 1.00 e. The molecule has 0 aliphatic heterocycles. The van der Waals surface area contributed by atoms with Gasteiger partial charge in [0.25, 0.3) is 0 Å². The zero-order valence-electron chi connectivity index (χ0n) is 14.0. The second kappa shape index (κ2) is 21.3. The molecule has 1 N–H and O–H groups in total. The number of aliphatic carboxylic acids is 1. The fourth-order valence-corrected chi connectivity index (χ4v) is 1.91. The predicted octanol–water partition coefficient (Wildman–Crippen LogP) is 0.302. The number of unbranched alkanes of at least 4 members (excludes halogenated alkanes) is 5. The molecule has 0 aromatic carbocycles. The van der Waals surface area contributed by atoms with Crippen molar-refractivity contribution < 1.29 is 66.4 Å². The molecule has 0 aromatic heterocycles. The molecule has 0 bridgehead atoms. The van der Waals surface area contributed by atoms with E-state index in [-0.39, 0.29) is 64.4 Å². The van der Waals surface area contributed by atoms with E-state index < -0.39 is 5.97 Å². The van der Waals surface area contributed by atoms with Crippen LogP contribution >= 0.6 is 0 Å². The third kappa shape index (κ3) is 22.6. The van der Waals surface area contributed by atoms with Crippen LogP contribution in [0.15, 0.2) is 36.5 Å². The molecule has 22 heavy (non-hydrogen) atoms. The van der Waals surface area contributed by atoms with Gasteiger partial charge < -0.3 is 15.0 Å². The van der Waals surface area contributed by atoms with Crippen LogP contribution in [0.5, 0.6) is 0 Å². The molecule has 0 aromatic rings. The first-order valence-corrected chi connectivity index (χ1v) is 8.03. The number of allylic oxidation sites excluding steroid dienone is 5. The summed E-state index contributed by atoms with van der Waals surface area (Å²) in [6.45, 7) is 0.222. The Morgan fingerprint density at radius 2 is 1.27 bits per heavy atom. The second-order valence-electron chi connectivity index (χ2n) is 5.08. The Morgan fingerprint density at radius 1 is 0.773 bits per heavy atom. The monoisotopic (exact) mass is 332 g/mol. The Labute approximate surface area is 178 Å². The first-order chi connectivity index (χ1) is 10.3. The quantitative estimate of drug-likeness (QED) is 0.283. The molecule has 0 heterocycles. The minimum Gasteiger partial charge on any atom is -0.550 e. The van der Waals surface area contributed by atoms with Crippen LogP contribution in [-0.4, -0.2) is 17.7 Å². The Balaban J connectivity index is 0. The van der Waals surface area contributed by atoms with Crippen molar-refractivity contribution in [2.45, 2.75) is 64.2 Å². The summed E-state index contributed by atoms with van der Waals surface area (Å²) >= 11 is 0. The van der Waals surface area contributed by atoms with Gasteiger partial charge in [-0.1, -0.05) is 55.7 Å². The van der Waals surface area contributed by atoms with E-state index in [4.69, 9.17) is 5.11 Å². The van der Waals surface area contributed by atoms with Crippen LogP contribution in [0.2, 0.25) is 0 Å². The van der Waals surface area contributed by atoms with Crippen molar-refractivity contribution in [2.24, 2.45) is 0 Å². The van der Waals surface area contributed by atoms with Crippen LogP contribution in [0.3, 0.4) is 0 Å². The Kier molecular flexibility index (Phi) is 23.7. The van der Waals surface area contributed by atoms with Crippen molar-refractivity contribution >= 4 is 5.97 Å². The summed E-state index contributed by atoms with van der Waals surface area (Å²) < 4.78 is 0. The molecule has 0 spiro atoms. The molecule has 0 unspecified atom stereocenters. The third-order valence-corrected chi connectivity index (χ3v) is 3.09. The van der Waals surface area contributed by atoms with E-state index in [1.54, 1.807) is 0 Å². The zero-order valence-corrected chi connectivity index (χ0v) is 17.1. The van der Waals surface area contributed by atoms with Crippen molar-refractivity contribution in [2.75, 3.05) is 6.61 Å². The van der Waals surface area contributed by atoms with Gasteiger partial charge in [0, 0.05) is 12.6 Å². The van der Waals surface area contributed by atoms with E-state index in [2.05, 4.69) is 30.4 Å². The van der Waals surface area contributed by atoms with Crippen molar-refractivity contribution in [1.29, 1.82) is 0 Å². The molecule has 0 atom stereocenters. The molecule has 0 aliphatic rings. The van der Waals surface area contributed by atoms with Crippen LogP contribution in [0.1, 0.15) is 64.2 Å². The van der Waals surface area contributed by atoms with Gasteiger partial charge in [0.2, 0.25) is 0 Å². The minimum atomic E-state index is -0.935.